The second-order valence-electron chi connectivity index (χ2n) is 4.81. The number of carboxylic acids is 1. The van der Waals surface area contributed by atoms with Crippen LogP contribution in [0.15, 0.2) is 24.4 Å². The summed E-state index contributed by atoms with van der Waals surface area (Å²) >= 11 is 0. The zero-order valence-electron chi connectivity index (χ0n) is 11.0. The highest BCUT2D eigenvalue weighted by atomic mass is 16.4. The molecule has 20 heavy (non-hydrogen) atoms. The number of carboxylic acid groups (broad SMARTS) is 1. The summed E-state index contributed by atoms with van der Waals surface area (Å²) in [7, 11) is 0. The molecule has 0 radical (unpaired) electrons. The first kappa shape index (κ1) is 14.0. The third-order valence-corrected chi connectivity index (χ3v) is 3.34. The van der Waals surface area contributed by atoms with Gasteiger partial charge in [0.05, 0.1) is 5.92 Å². The molecule has 2 rings (SSSR count). The van der Waals surface area contributed by atoms with Crippen molar-refractivity contribution in [3.8, 4) is 0 Å². The number of anilines is 1. The Bertz CT molecular complexity index is 525. The van der Waals surface area contributed by atoms with E-state index in [1.165, 1.54) is 6.08 Å². The molecule has 3 N–H and O–H groups in total. The predicted molar refractivity (Wildman–Crippen MR) is 75.0 cm³/mol. The van der Waals surface area contributed by atoms with Gasteiger partial charge in [0.1, 0.15) is 5.82 Å². The van der Waals surface area contributed by atoms with Crippen molar-refractivity contribution in [2.45, 2.75) is 12.8 Å². The van der Waals surface area contributed by atoms with Crippen molar-refractivity contribution < 1.29 is 14.7 Å². The Labute approximate surface area is 116 Å². The van der Waals surface area contributed by atoms with Crippen LogP contribution >= 0.6 is 0 Å². The summed E-state index contributed by atoms with van der Waals surface area (Å²) in [4.78, 5) is 28.0. The summed E-state index contributed by atoms with van der Waals surface area (Å²) in [5, 5.41) is 8.56. The number of nitrogens with zero attached hydrogens (tertiary/aromatic N) is 2. The molecule has 0 aliphatic carbocycles. The molecule has 1 aliphatic rings. The molecule has 1 fully saturated rings. The zero-order chi connectivity index (χ0) is 14.5. The molecule has 0 spiro atoms. The van der Waals surface area contributed by atoms with E-state index < -0.39 is 5.97 Å². The first-order valence-corrected chi connectivity index (χ1v) is 6.47. The fraction of sp³-hybridized carbons (Fsp3) is 0.357. The molecule has 106 valence electrons. The highest BCUT2D eigenvalue weighted by molar-refractivity contribution is 5.85. The van der Waals surface area contributed by atoms with Gasteiger partial charge in [0, 0.05) is 25.4 Å². The van der Waals surface area contributed by atoms with Gasteiger partial charge in [-0.05, 0) is 36.6 Å². The summed E-state index contributed by atoms with van der Waals surface area (Å²) < 4.78 is 0. The minimum absolute atomic E-state index is 0.128. The maximum absolute atomic E-state index is 11.2. The first-order valence-electron chi connectivity index (χ1n) is 6.47. The van der Waals surface area contributed by atoms with Gasteiger partial charge in [-0.25, -0.2) is 9.78 Å². The summed E-state index contributed by atoms with van der Waals surface area (Å²) in [6.45, 7) is 1.44. The van der Waals surface area contributed by atoms with Gasteiger partial charge in [0.25, 0.3) is 0 Å². The Morgan fingerprint density at radius 1 is 1.45 bits per heavy atom. The van der Waals surface area contributed by atoms with E-state index >= 15 is 0 Å². The number of nitrogens with two attached hydrogens (primary N) is 1. The van der Waals surface area contributed by atoms with Gasteiger partial charge < -0.3 is 15.7 Å². The van der Waals surface area contributed by atoms with E-state index in [1.54, 1.807) is 12.3 Å². The number of pyridine rings is 1. The van der Waals surface area contributed by atoms with Gasteiger partial charge in [-0.2, -0.15) is 0 Å². The number of hydrogen-bond acceptors (Lipinski definition) is 4. The van der Waals surface area contributed by atoms with E-state index in [-0.39, 0.29) is 11.8 Å². The van der Waals surface area contributed by atoms with Gasteiger partial charge in [-0.1, -0.05) is 0 Å². The summed E-state index contributed by atoms with van der Waals surface area (Å²) in [5.74, 6) is -0.606. The normalized spacial score (nSPS) is 19.2. The summed E-state index contributed by atoms with van der Waals surface area (Å²) in [6.07, 6.45) is 5.91. The number of aromatic nitrogens is 1. The number of rotatable bonds is 4. The number of piperidine rings is 1. The van der Waals surface area contributed by atoms with E-state index in [1.807, 2.05) is 11.0 Å². The molecule has 6 heteroatoms. The zero-order valence-corrected chi connectivity index (χ0v) is 11.0. The molecule has 1 aliphatic heterocycles. The van der Waals surface area contributed by atoms with Gasteiger partial charge in [0.15, 0.2) is 0 Å². The van der Waals surface area contributed by atoms with Gasteiger partial charge in [0.2, 0.25) is 5.91 Å². The smallest absolute Gasteiger partial charge is 0.328 e. The Hall–Kier alpha value is -2.37. The van der Waals surface area contributed by atoms with Crippen LogP contribution in [-0.2, 0) is 9.59 Å². The topological polar surface area (TPSA) is 96.5 Å². The third kappa shape index (κ3) is 3.57. The minimum atomic E-state index is -0.991. The fourth-order valence-electron chi connectivity index (χ4n) is 2.27. The van der Waals surface area contributed by atoms with Crippen molar-refractivity contribution in [3.05, 3.63) is 30.0 Å². The van der Waals surface area contributed by atoms with Gasteiger partial charge in [-0.3, -0.25) is 4.79 Å². The van der Waals surface area contributed by atoms with E-state index in [4.69, 9.17) is 10.8 Å². The van der Waals surface area contributed by atoms with Crippen molar-refractivity contribution in [2.75, 3.05) is 18.0 Å². The van der Waals surface area contributed by atoms with E-state index in [9.17, 15) is 9.59 Å². The Morgan fingerprint density at radius 2 is 2.25 bits per heavy atom. The van der Waals surface area contributed by atoms with Gasteiger partial charge in [-0.15, -0.1) is 0 Å². The highest BCUT2D eigenvalue weighted by Crippen LogP contribution is 2.21. The van der Waals surface area contributed by atoms with E-state index in [0.717, 1.165) is 36.8 Å². The number of amides is 1. The second kappa shape index (κ2) is 6.18. The predicted octanol–water partition coefficient (Wildman–Crippen LogP) is 0.881. The number of carbonyl (C=O) groups is 2. The third-order valence-electron chi connectivity index (χ3n) is 3.34. The number of carbonyl (C=O) groups excluding carboxylic acids is 1. The molecule has 1 aromatic rings. The molecule has 0 aromatic carbocycles. The summed E-state index contributed by atoms with van der Waals surface area (Å²) in [5.41, 5.74) is 6.07. The average Bonchev–Trinajstić information content (AvgIpc) is 2.46. The van der Waals surface area contributed by atoms with Crippen molar-refractivity contribution >= 4 is 23.8 Å². The lowest BCUT2D eigenvalue weighted by molar-refractivity contribution is -0.131. The Balaban J connectivity index is 2.06. The highest BCUT2D eigenvalue weighted by Gasteiger charge is 2.24. The molecule has 0 saturated carbocycles. The molecule has 1 saturated heterocycles. The Morgan fingerprint density at radius 3 is 2.85 bits per heavy atom. The van der Waals surface area contributed by atoms with Crippen molar-refractivity contribution in [1.82, 2.24) is 4.98 Å². The summed E-state index contributed by atoms with van der Waals surface area (Å²) in [6, 6.07) is 3.63. The standard InChI is InChI=1S/C14H17N3O3/c15-14(20)11-2-1-7-17(9-11)12-5-3-10(8-16-12)4-6-13(18)19/h3-6,8,11H,1-2,7,9H2,(H2,15,20)(H,18,19)/b6-4+. The molecule has 1 amide bonds. The van der Waals surface area contributed by atoms with Crippen LogP contribution < -0.4 is 10.6 Å². The first-order chi connectivity index (χ1) is 9.56. The van der Waals surface area contributed by atoms with Crippen LogP contribution in [0.2, 0.25) is 0 Å². The quantitative estimate of drug-likeness (QED) is 0.795. The molecule has 0 bridgehead atoms. The monoisotopic (exact) mass is 275 g/mol. The minimum Gasteiger partial charge on any atom is -0.478 e. The molecule has 1 atom stereocenters. The molecular formula is C14H17N3O3. The molecule has 1 aromatic heterocycles. The lowest BCUT2D eigenvalue weighted by Gasteiger charge is -2.32. The molecular weight excluding hydrogens is 258 g/mol. The van der Waals surface area contributed by atoms with Gasteiger partial charge >= 0.3 is 5.97 Å². The van der Waals surface area contributed by atoms with Crippen LogP contribution in [0.4, 0.5) is 5.82 Å². The molecule has 1 unspecified atom stereocenters. The maximum Gasteiger partial charge on any atom is 0.328 e. The van der Waals surface area contributed by atoms with Crippen LogP contribution in [0.1, 0.15) is 18.4 Å². The van der Waals surface area contributed by atoms with Crippen LogP contribution in [0, 0.1) is 5.92 Å². The number of primary amides is 1. The van der Waals surface area contributed by atoms with Crippen LogP contribution in [0.25, 0.3) is 6.08 Å². The second-order valence-corrected chi connectivity index (χ2v) is 4.81. The fourth-order valence-corrected chi connectivity index (χ4v) is 2.27. The maximum atomic E-state index is 11.2. The molecule has 2 heterocycles. The van der Waals surface area contributed by atoms with Crippen molar-refractivity contribution in [2.24, 2.45) is 11.7 Å². The SMILES string of the molecule is NC(=O)C1CCCN(c2ccc(/C=C/C(=O)O)cn2)C1. The number of aliphatic carboxylic acids is 1. The van der Waals surface area contributed by atoms with Crippen molar-refractivity contribution in [1.29, 1.82) is 0 Å². The lowest BCUT2D eigenvalue weighted by atomic mass is 9.97. The number of hydrogen-bond donors (Lipinski definition) is 2. The Kier molecular flexibility index (Phi) is 4.34. The lowest BCUT2D eigenvalue weighted by Crippen LogP contribution is -2.41. The van der Waals surface area contributed by atoms with Crippen LogP contribution in [0.3, 0.4) is 0 Å². The van der Waals surface area contributed by atoms with Crippen LogP contribution in [-0.4, -0.2) is 35.1 Å². The molecule has 6 nitrogen and oxygen atoms in total. The van der Waals surface area contributed by atoms with E-state index in [2.05, 4.69) is 4.98 Å². The van der Waals surface area contributed by atoms with Crippen LogP contribution in [0.5, 0.6) is 0 Å². The largest absolute Gasteiger partial charge is 0.478 e. The van der Waals surface area contributed by atoms with E-state index in [0.29, 0.717) is 6.54 Å². The van der Waals surface area contributed by atoms with Crippen molar-refractivity contribution in [3.63, 3.8) is 0 Å². The average molecular weight is 275 g/mol.